The van der Waals surface area contributed by atoms with Crippen molar-refractivity contribution in [3.05, 3.63) is 58.7 Å². The van der Waals surface area contributed by atoms with Gasteiger partial charge in [0.2, 0.25) is 15.9 Å². The van der Waals surface area contributed by atoms with Crippen LogP contribution >= 0.6 is 0 Å². The van der Waals surface area contributed by atoms with Crippen LogP contribution in [0.15, 0.2) is 36.4 Å². The maximum atomic E-state index is 12.8. The third-order valence-electron chi connectivity index (χ3n) is 4.50. The molecule has 1 amide bonds. The van der Waals surface area contributed by atoms with Gasteiger partial charge in [0.05, 0.1) is 43.0 Å². The highest BCUT2D eigenvalue weighted by atomic mass is 32.2. The van der Waals surface area contributed by atoms with Crippen molar-refractivity contribution in [2.45, 2.75) is 13.8 Å². The van der Waals surface area contributed by atoms with Gasteiger partial charge in [0, 0.05) is 0 Å². The van der Waals surface area contributed by atoms with Crippen LogP contribution in [0.1, 0.15) is 31.8 Å². The molecule has 2 aromatic rings. The fourth-order valence-electron chi connectivity index (χ4n) is 3.06. The molecule has 0 aliphatic rings. The highest BCUT2D eigenvalue weighted by Crippen LogP contribution is 2.27. The van der Waals surface area contributed by atoms with Gasteiger partial charge in [-0.15, -0.1) is 0 Å². The molecule has 9 nitrogen and oxygen atoms in total. The quantitative estimate of drug-likeness (QED) is 0.646. The summed E-state index contributed by atoms with van der Waals surface area (Å²) in [7, 11) is -1.43. The molecular formula is C21H24N2O7S. The summed E-state index contributed by atoms with van der Waals surface area (Å²) in [5.74, 6) is -2.11. The number of hydrogen-bond acceptors (Lipinski definition) is 7. The average molecular weight is 448 g/mol. The van der Waals surface area contributed by atoms with Crippen molar-refractivity contribution in [2.75, 3.05) is 36.6 Å². The normalized spacial score (nSPS) is 10.9. The molecule has 0 radical (unpaired) electrons. The van der Waals surface area contributed by atoms with Gasteiger partial charge in [-0.25, -0.2) is 18.0 Å². The number of nitrogens with zero attached hydrogens (tertiary/aromatic N) is 1. The predicted octanol–water partition coefficient (Wildman–Crippen LogP) is 2.28. The van der Waals surface area contributed by atoms with Crippen molar-refractivity contribution in [1.82, 2.24) is 0 Å². The molecule has 0 fully saturated rings. The minimum Gasteiger partial charge on any atom is -0.465 e. The number of anilines is 2. The minimum atomic E-state index is -3.80. The lowest BCUT2D eigenvalue weighted by Gasteiger charge is -2.25. The highest BCUT2D eigenvalue weighted by molar-refractivity contribution is 7.92. The molecule has 166 valence electrons. The van der Waals surface area contributed by atoms with E-state index in [1.807, 2.05) is 0 Å². The Balaban J connectivity index is 2.43. The van der Waals surface area contributed by atoms with Crippen LogP contribution in [0, 0.1) is 13.8 Å². The first-order chi connectivity index (χ1) is 14.5. The summed E-state index contributed by atoms with van der Waals surface area (Å²) in [6.07, 6.45) is 1.00. The molecule has 31 heavy (non-hydrogen) atoms. The average Bonchev–Trinajstić information content (AvgIpc) is 2.70. The first-order valence-electron chi connectivity index (χ1n) is 9.14. The highest BCUT2D eigenvalue weighted by Gasteiger charge is 2.25. The summed E-state index contributed by atoms with van der Waals surface area (Å²) in [6, 6.07) is 9.21. The Morgan fingerprint density at radius 2 is 1.55 bits per heavy atom. The smallest absolute Gasteiger partial charge is 0.339 e. The zero-order chi connectivity index (χ0) is 23.3. The number of amides is 1. The van der Waals surface area contributed by atoms with Gasteiger partial charge in [0.15, 0.2) is 0 Å². The van der Waals surface area contributed by atoms with Gasteiger partial charge in [-0.1, -0.05) is 18.2 Å². The second-order valence-corrected chi connectivity index (χ2v) is 8.71. The molecular weight excluding hydrogens is 424 g/mol. The van der Waals surface area contributed by atoms with Crippen LogP contribution in [0.3, 0.4) is 0 Å². The van der Waals surface area contributed by atoms with E-state index in [-0.39, 0.29) is 16.8 Å². The Hall–Kier alpha value is -3.40. The second kappa shape index (κ2) is 9.61. The van der Waals surface area contributed by atoms with Crippen LogP contribution in [0.2, 0.25) is 0 Å². The number of esters is 2. The van der Waals surface area contributed by atoms with Gasteiger partial charge in [0.1, 0.15) is 6.54 Å². The van der Waals surface area contributed by atoms with Gasteiger partial charge in [-0.3, -0.25) is 9.10 Å². The number of nitrogens with one attached hydrogen (secondary N) is 1. The Bertz CT molecular complexity index is 1110. The number of para-hydroxylation sites is 1. The third kappa shape index (κ3) is 5.60. The lowest BCUT2D eigenvalue weighted by molar-refractivity contribution is -0.114. The van der Waals surface area contributed by atoms with Crippen molar-refractivity contribution in [3.8, 4) is 0 Å². The summed E-state index contributed by atoms with van der Waals surface area (Å²) in [5, 5.41) is 2.50. The fourth-order valence-corrected chi connectivity index (χ4v) is 4.03. The number of rotatable bonds is 7. The van der Waals surface area contributed by atoms with E-state index in [9.17, 15) is 22.8 Å². The van der Waals surface area contributed by atoms with E-state index in [0.717, 1.165) is 10.6 Å². The summed E-state index contributed by atoms with van der Waals surface area (Å²) in [5.41, 5.74) is 1.86. The van der Waals surface area contributed by atoms with Gasteiger partial charge in [0.25, 0.3) is 0 Å². The van der Waals surface area contributed by atoms with Crippen molar-refractivity contribution >= 4 is 39.2 Å². The Labute approximate surface area is 181 Å². The number of carbonyl (C=O) groups excluding carboxylic acids is 3. The lowest BCUT2D eigenvalue weighted by atomic mass is 10.1. The second-order valence-electron chi connectivity index (χ2n) is 6.80. The Kier molecular flexibility index (Phi) is 7.40. The molecule has 0 saturated carbocycles. The number of methoxy groups -OCH3 is 2. The van der Waals surface area contributed by atoms with E-state index in [2.05, 4.69) is 10.1 Å². The number of benzene rings is 2. The molecule has 0 bridgehead atoms. The summed E-state index contributed by atoms with van der Waals surface area (Å²) >= 11 is 0. The lowest BCUT2D eigenvalue weighted by Crippen LogP contribution is -2.38. The van der Waals surface area contributed by atoms with E-state index in [0.29, 0.717) is 16.8 Å². The molecule has 2 rings (SSSR count). The molecule has 10 heteroatoms. The van der Waals surface area contributed by atoms with E-state index >= 15 is 0 Å². The molecule has 0 atom stereocenters. The number of carbonyl (C=O) groups is 3. The Morgan fingerprint density at radius 1 is 0.968 bits per heavy atom. The summed E-state index contributed by atoms with van der Waals surface area (Å²) < 4.78 is 35.2. The molecule has 0 spiro atoms. The SMILES string of the molecule is COC(=O)c1ccc(C(=O)OC)c(NC(=O)CN(c2c(C)cccc2C)S(C)(=O)=O)c1. The standard InChI is InChI=1S/C21H24N2O7S/c1-13-7-6-8-14(2)19(13)23(31(5,27)28)12-18(24)22-17-11-15(20(25)29-3)9-10-16(17)21(26)30-4/h6-11H,12H2,1-5H3,(H,22,24). The van der Waals surface area contributed by atoms with Crippen molar-refractivity contribution < 1.29 is 32.3 Å². The number of sulfonamides is 1. The number of ether oxygens (including phenoxy) is 2. The predicted molar refractivity (Wildman–Crippen MR) is 116 cm³/mol. The van der Waals surface area contributed by atoms with Crippen LogP contribution in [-0.4, -0.2) is 53.3 Å². The van der Waals surface area contributed by atoms with Crippen LogP contribution in [-0.2, 0) is 24.3 Å². The van der Waals surface area contributed by atoms with Crippen molar-refractivity contribution in [2.24, 2.45) is 0 Å². The summed E-state index contributed by atoms with van der Waals surface area (Å²) in [6.45, 7) is 2.95. The maximum absolute atomic E-state index is 12.8. The van der Waals surface area contributed by atoms with Crippen LogP contribution in [0.5, 0.6) is 0 Å². The minimum absolute atomic E-state index is 0.00137. The maximum Gasteiger partial charge on any atom is 0.339 e. The first kappa shape index (κ1) is 23.9. The van der Waals surface area contributed by atoms with Gasteiger partial charge >= 0.3 is 11.9 Å². The monoisotopic (exact) mass is 448 g/mol. The first-order valence-corrected chi connectivity index (χ1v) is 11.0. The molecule has 0 saturated heterocycles. The molecule has 0 unspecified atom stereocenters. The van der Waals surface area contributed by atoms with E-state index < -0.39 is 34.4 Å². The van der Waals surface area contributed by atoms with E-state index in [4.69, 9.17) is 4.74 Å². The number of aryl methyl sites for hydroxylation is 2. The van der Waals surface area contributed by atoms with Crippen molar-refractivity contribution in [3.63, 3.8) is 0 Å². The zero-order valence-electron chi connectivity index (χ0n) is 17.9. The zero-order valence-corrected chi connectivity index (χ0v) is 18.7. The van der Waals surface area contributed by atoms with Crippen LogP contribution in [0.4, 0.5) is 11.4 Å². The fraction of sp³-hybridized carbons (Fsp3) is 0.286. The van der Waals surface area contributed by atoms with Crippen molar-refractivity contribution in [1.29, 1.82) is 0 Å². The Morgan fingerprint density at radius 3 is 2.06 bits per heavy atom. The molecule has 0 aliphatic heterocycles. The topological polar surface area (TPSA) is 119 Å². The van der Waals surface area contributed by atoms with Gasteiger partial charge < -0.3 is 14.8 Å². The molecule has 0 aliphatic carbocycles. The molecule has 0 heterocycles. The molecule has 0 aromatic heterocycles. The summed E-state index contributed by atoms with van der Waals surface area (Å²) in [4.78, 5) is 36.7. The van der Waals surface area contributed by atoms with Gasteiger partial charge in [-0.2, -0.15) is 0 Å². The number of hydrogen-bond donors (Lipinski definition) is 1. The third-order valence-corrected chi connectivity index (χ3v) is 5.61. The van der Waals surface area contributed by atoms with E-state index in [1.54, 1.807) is 32.0 Å². The molecule has 1 N–H and O–H groups in total. The van der Waals surface area contributed by atoms with Crippen LogP contribution in [0.25, 0.3) is 0 Å². The molecule has 2 aromatic carbocycles. The van der Waals surface area contributed by atoms with Crippen LogP contribution < -0.4 is 9.62 Å². The van der Waals surface area contributed by atoms with Gasteiger partial charge in [-0.05, 0) is 43.2 Å². The van der Waals surface area contributed by atoms with E-state index in [1.165, 1.54) is 32.4 Å². The largest absolute Gasteiger partial charge is 0.465 e.